The van der Waals surface area contributed by atoms with Gasteiger partial charge < -0.3 is 10.6 Å². The number of benzene rings is 2. The van der Waals surface area contributed by atoms with Gasteiger partial charge in [-0.2, -0.15) is 0 Å². The van der Waals surface area contributed by atoms with Gasteiger partial charge in [0.05, 0.1) is 11.5 Å². The van der Waals surface area contributed by atoms with Gasteiger partial charge in [0.1, 0.15) is 5.82 Å². The van der Waals surface area contributed by atoms with Crippen LogP contribution in [0.25, 0.3) is 0 Å². The Labute approximate surface area is 157 Å². The number of anilines is 1. The average Bonchev–Trinajstić information content (AvgIpc) is 2.63. The van der Waals surface area contributed by atoms with Crippen LogP contribution >= 0.6 is 11.8 Å². The first-order valence-corrected chi connectivity index (χ1v) is 9.48. The van der Waals surface area contributed by atoms with Gasteiger partial charge >= 0.3 is 0 Å². The normalized spacial score (nSPS) is 11.0. The summed E-state index contributed by atoms with van der Waals surface area (Å²) in [6, 6.07) is 15.6. The molecule has 0 aliphatic carbocycles. The first kappa shape index (κ1) is 20.0. The molecule has 0 saturated heterocycles. The van der Waals surface area contributed by atoms with Crippen molar-refractivity contribution in [3.05, 3.63) is 66.0 Å². The molecule has 0 bridgehead atoms. The number of hydrogen-bond acceptors (Lipinski definition) is 3. The Morgan fingerprint density at radius 3 is 2.23 bits per heavy atom. The molecular formula is C20H23FN2O2S. The molecular weight excluding hydrogens is 351 g/mol. The molecule has 0 spiro atoms. The van der Waals surface area contributed by atoms with Crippen molar-refractivity contribution in [2.45, 2.75) is 19.3 Å². The lowest BCUT2D eigenvalue weighted by molar-refractivity contribution is -0.118. The Morgan fingerprint density at radius 2 is 1.58 bits per heavy atom. The third-order valence-electron chi connectivity index (χ3n) is 3.88. The van der Waals surface area contributed by atoms with Crippen LogP contribution in [0.1, 0.15) is 19.4 Å². The molecule has 6 heteroatoms. The molecule has 0 heterocycles. The van der Waals surface area contributed by atoms with Crippen molar-refractivity contribution in [3.8, 4) is 0 Å². The standard InChI is InChI=1S/C20H23FN2O2S/c1-20(2,15-6-4-3-5-7-15)14-22-18(24)12-26-13-19(25)23-17-10-8-16(21)9-11-17/h3-11H,12-14H2,1-2H3,(H,22,24)(H,23,25). The van der Waals surface area contributed by atoms with Gasteiger partial charge in [-0.1, -0.05) is 44.2 Å². The van der Waals surface area contributed by atoms with Gasteiger partial charge in [-0.05, 0) is 29.8 Å². The van der Waals surface area contributed by atoms with E-state index in [1.807, 2.05) is 30.3 Å². The number of carbonyl (C=O) groups is 2. The van der Waals surface area contributed by atoms with Gasteiger partial charge in [-0.3, -0.25) is 9.59 Å². The second-order valence-corrected chi connectivity index (χ2v) is 7.56. The van der Waals surface area contributed by atoms with Crippen LogP contribution in [0.15, 0.2) is 54.6 Å². The maximum atomic E-state index is 12.8. The summed E-state index contributed by atoms with van der Waals surface area (Å²) in [6.45, 7) is 4.68. The predicted octanol–water partition coefficient (Wildman–Crippen LogP) is 3.59. The number of amides is 2. The molecule has 2 rings (SSSR count). The summed E-state index contributed by atoms with van der Waals surface area (Å²) < 4.78 is 12.8. The van der Waals surface area contributed by atoms with Crippen LogP contribution in [-0.4, -0.2) is 29.9 Å². The van der Waals surface area contributed by atoms with Crippen LogP contribution in [0.3, 0.4) is 0 Å². The van der Waals surface area contributed by atoms with Crippen LogP contribution in [0.5, 0.6) is 0 Å². The van der Waals surface area contributed by atoms with Crippen LogP contribution in [-0.2, 0) is 15.0 Å². The van der Waals surface area contributed by atoms with Crippen molar-refractivity contribution in [2.75, 3.05) is 23.4 Å². The summed E-state index contributed by atoms with van der Waals surface area (Å²) in [5, 5.41) is 5.58. The van der Waals surface area contributed by atoms with E-state index in [1.165, 1.54) is 36.0 Å². The Bertz CT molecular complexity index is 733. The molecule has 26 heavy (non-hydrogen) atoms. The van der Waals surface area contributed by atoms with Gasteiger partial charge in [-0.15, -0.1) is 11.8 Å². The zero-order valence-corrected chi connectivity index (χ0v) is 15.7. The number of hydrogen-bond donors (Lipinski definition) is 2. The van der Waals surface area contributed by atoms with E-state index in [9.17, 15) is 14.0 Å². The monoisotopic (exact) mass is 374 g/mol. The molecule has 0 radical (unpaired) electrons. The molecule has 4 nitrogen and oxygen atoms in total. The van der Waals surface area contributed by atoms with Crippen LogP contribution < -0.4 is 10.6 Å². The molecule has 0 saturated carbocycles. The van der Waals surface area contributed by atoms with E-state index >= 15 is 0 Å². The van der Waals surface area contributed by atoms with Gasteiger partial charge in [0.25, 0.3) is 0 Å². The average molecular weight is 374 g/mol. The molecule has 0 aromatic heterocycles. The molecule has 2 N–H and O–H groups in total. The van der Waals surface area contributed by atoms with Gasteiger partial charge in [0.15, 0.2) is 0 Å². The summed E-state index contributed by atoms with van der Waals surface area (Å²) in [5.41, 5.74) is 1.53. The molecule has 0 fully saturated rings. The van der Waals surface area contributed by atoms with E-state index in [4.69, 9.17) is 0 Å². The largest absolute Gasteiger partial charge is 0.355 e. The molecule has 2 aromatic carbocycles. The third kappa shape index (κ3) is 6.52. The first-order valence-electron chi connectivity index (χ1n) is 8.32. The van der Waals surface area contributed by atoms with Gasteiger partial charge in [0.2, 0.25) is 11.8 Å². The summed E-state index contributed by atoms with van der Waals surface area (Å²) in [5.74, 6) is -0.311. The summed E-state index contributed by atoms with van der Waals surface area (Å²) in [4.78, 5) is 23.8. The van der Waals surface area contributed by atoms with Crippen LogP contribution in [0, 0.1) is 5.82 Å². The number of thioether (sulfide) groups is 1. The first-order chi connectivity index (χ1) is 12.4. The van der Waals surface area contributed by atoms with Crippen molar-refractivity contribution in [3.63, 3.8) is 0 Å². The van der Waals surface area contributed by atoms with E-state index in [2.05, 4.69) is 24.5 Å². The van der Waals surface area contributed by atoms with E-state index < -0.39 is 0 Å². The number of halogens is 1. The highest BCUT2D eigenvalue weighted by Gasteiger charge is 2.21. The SMILES string of the molecule is CC(C)(CNC(=O)CSCC(=O)Nc1ccc(F)cc1)c1ccccc1. The smallest absolute Gasteiger partial charge is 0.234 e. The Hall–Kier alpha value is -2.34. The minimum atomic E-state index is -0.354. The van der Waals surface area contributed by atoms with Crippen LogP contribution in [0.4, 0.5) is 10.1 Å². The Kier molecular flexibility index (Phi) is 7.21. The predicted molar refractivity (Wildman–Crippen MR) is 105 cm³/mol. The Balaban J connectivity index is 1.68. The highest BCUT2D eigenvalue weighted by Crippen LogP contribution is 2.21. The lowest BCUT2D eigenvalue weighted by atomic mass is 9.85. The molecule has 0 atom stereocenters. The second-order valence-electron chi connectivity index (χ2n) is 6.57. The highest BCUT2D eigenvalue weighted by molar-refractivity contribution is 8.00. The fourth-order valence-electron chi connectivity index (χ4n) is 2.33. The van der Waals surface area contributed by atoms with Crippen molar-refractivity contribution in [1.29, 1.82) is 0 Å². The maximum Gasteiger partial charge on any atom is 0.234 e. The van der Waals surface area contributed by atoms with Crippen molar-refractivity contribution < 1.29 is 14.0 Å². The molecule has 138 valence electrons. The number of rotatable bonds is 8. The van der Waals surface area contributed by atoms with Crippen molar-refractivity contribution in [1.82, 2.24) is 5.32 Å². The molecule has 0 aliphatic heterocycles. The van der Waals surface area contributed by atoms with Crippen molar-refractivity contribution >= 4 is 29.3 Å². The zero-order valence-electron chi connectivity index (χ0n) is 14.9. The van der Waals surface area contributed by atoms with E-state index in [0.717, 1.165) is 5.56 Å². The third-order valence-corrected chi connectivity index (χ3v) is 4.81. The maximum absolute atomic E-state index is 12.8. The summed E-state index contributed by atoms with van der Waals surface area (Å²) in [7, 11) is 0. The van der Waals surface area contributed by atoms with E-state index in [1.54, 1.807) is 0 Å². The zero-order chi connectivity index (χ0) is 19.0. The quantitative estimate of drug-likeness (QED) is 0.742. The van der Waals surface area contributed by atoms with Crippen LogP contribution in [0.2, 0.25) is 0 Å². The molecule has 2 amide bonds. The molecule has 0 aliphatic rings. The Morgan fingerprint density at radius 1 is 0.962 bits per heavy atom. The minimum Gasteiger partial charge on any atom is -0.355 e. The van der Waals surface area contributed by atoms with Gasteiger partial charge in [-0.25, -0.2) is 4.39 Å². The second kappa shape index (κ2) is 9.38. The highest BCUT2D eigenvalue weighted by atomic mass is 32.2. The summed E-state index contributed by atoms with van der Waals surface area (Å²) in [6.07, 6.45) is 0. The fraction of sp³-hybridized carbons (Fsp3) is 0.300. The lowest BCUT2D eigenvalue weighted by Gasteiger charge is -2.25. The van der Waals surface area contributed by atoms with E-state index in [-0.39, 0.29) is 34.6 Å². The van der Waals surface area contributed by atoms with E-state index in [0.29, 0.717) is 12.2 Å². The lowest BCUT2D eigenvalue weighted by Crippen LogP contribution is -2.37. The topological polar surface area (TPSA) is 58.2 Å². The molecule has 0 unspecified atom stereocenters. The number of carbonyl (C=O) groups excluding carboxylic acids is 2. The van der Waals surface area contributed by atoms with Gasteiger partial charge in [0, 0.05) is 17.6 Å². The fourth-order valence-corrected chi connectivity index (χ4v) is 2.98. The number of nitrogens with one attached hydrogen (secondary N) is 2. The van der Waals surface area contributed by atoms with Crippen molar-refractivity contribution in [2.24, 2.45) is 0 Å². The molecule has 2 aromatic rings. The summed E-state index contributed by atoms with van der Waals surface area (Å²) >= 11 is 1.24. The minimum absolute atomic E-state index is 0.103.